The molecule has 4 N–H and O–H groups in total. The standard InChI is InChI=1S/C9H6N2O2.C6H10O4.C4H10O2/c1-7-2-3-8(10-5-12)4-9(7)11-6-13;7-5(8)3-1-2-4-6(9)10;1-2-3-4(5)6/h2-4H,1H3;1-4H2,(H,7,8)(H,9,10);4-6H,2-3H2,1H3. The summed E-state index contributed by atoms with van der Waals surface area (Å²) in [7, 11) is 0. The van der Waals surface area contributed by atoms with E-state index in [9.17, 15) is 19.2 Å². The largest absolute Gasteiger partial charge is 0.481 e. The summed E-state index contributed by atoms with van der Waals surface area (Å²) in [4.78, 5) is 46.6. The van der Waals surface area contributed by atoms with Gasteiger partial charge in [-0.2, -0.15) is 9.98 Å². The smallest absolute Gasteiger partial charge is 0.303 e. The molecule has 1 aromatic rings. The van der Waals surface area contributed by atoms with E-state index in [4.69, 9.17) is 20.4 Å². The van der Waals surface area contributed by atoms with Crippen molar-refractivity contribution in [3.8, 4) is 0 Å². The quantitative estimate of drug-likeness (QED) is 0.208. The normalized spacial score (nSPS) is 9.00. The van der Waals surface area contributed by atoms with Crippen molar-refractivity contribution in [3.63, 3.8) is 0 Å². The average molecular weight is 410 g/mol. The molecule has 0 amide bonds. The van der Waals surface area contributed by atoms with E-state index in [1.54, 1.807) is 19.1 Å². The lowest BCUT2D eigenvalue weighted by Gasteiger charge is -1.97. The number of unbranched alkanes of at least 4 members (excludes halogenated alkanes) is 1. The van der Waals surface area contributed by atoms with Gasteiger partial charge in [-0.15, -0.1) is 0 Å². The van der Waals surface area contributed by atoms with Gasteiger partial charge in [0.1, 0.15) is 0 Å². The summed E-state index contributed by atoms with van der Waals surface area (Å²) in [6.45, 7) is 3.70. The van der Waals surface area contributed by atoms with Crippen LogP contribution < -0.4 is 0 Å². The Morgan fingerprint density at radius 3 is 1.86 bits per heavy atom. The van der Waals surface area contributed by atoms with Gasteiger partial charge in [-0.05, 0) is 43.9 Å². The van der Waals surface area contributed by atoms with Crippen LogP contribution in [0.2, 0.25) is 0 Å². The van der Waals surface area contributed by atoms with E-state index in [1.165, 1.54) is 18.2 Å². The first-order valence-electron chi connectivity index (χ1n) is 8.74. The summed E-state index contributed by atoms with van der Waals surface area (Å²) in [5.74, 6) is -1.74. The van der Waals surface area contributed by atoms with Gasteiger partial charge in [0.2, 0.25) is 12.2 Å². The third-order valence-corrected chi connectivity index (χ3v) is 3.11. The van der Waals surface area contributed by atoms with Crippen LogP contribution in [0, 0.1) is 6.92 Å². The zero-order chi connectivity index (χ0) is 22.7. The van der Waals surface area contributed by atoms with Crippen LogP contribution in [0.5, 0.6) is 0 Å². The number of aliphatic hydroxyl groups excluding tert-OH is 1. The van der Waals surface area contributed by atoms with Crippen molar-refractivity contribution >= 4 is 35.5 Å². The van der Waals surface area contributed by atoms with Crippen molar-refractivity contribution in [1.82, 2.24) is 0 Å². The molecule has 0 heterocycles. The van der Waals surface area contributed by atoms with Crippen LogP contribution in [0.4, 0.5) is 11.4 Å². The highest BCUT2D eigenvalue weighted by molar-refractivity contribution is 5.68. The highest BCUT2D eigenvalue weighted by atomic mass is 16.5. The fourth-order valence-electron chi connectivity index (χ4n) is 1.70. The molecule has 0 unspecified atom stereocenters. The van der Waals surface area contributed by atoms with Gasteiger partial charge in [0.15, 0.2) is 6.29 Å². The van der Waals surface area contributed by atoms with E-state index >= 15 is 0 Å². The average Bonchev–Trinajstić information content (AvgIpc) is 2.63. The Bertz CT molecular complexity index is 705. The first-order valence-corrected chi connectivity index (χ1v) is 8.74. The van der Waals surface area contributed by atoms with Crippen molar-refractivity contribution in [2.75, 3.05) is 0 Å². The third-order valence-electron chi connectivity index (χ3n) is 3.11. The molecule has 29 heavy (non-hydrogen) atoms. The molecule has 0 radical (unpaired) electrons. The minimum absolute atomic E-state index is 0.0628. The Morgan fingerprint density at radius 2 is 1.52 bits per heavy atom. The fraction of sp³-hybridized carbons (Fsp3) is 0.474. The van der Waals surface area contributed by atoms with Gasteiger partial charge in [0.25, 0.3) is 0 Å². The predicted octanol–water partition coefficient (Wildman–Crippen LogP) is 2.74. The highest BCUT2D eigenvalue weighted by Gasteiger charge is 1.99. The van der Waals surface area contributed by atoms with Crippen LogP contribution in [0.25, 0.3) is 0 Å². The van der Waals surface area contributed by atoms with Crippen LogP contribution in [0.1, 0.15) is 51.0 Å². The van der Waals surface area contributed by atoms with Gasteiger partial charge in [-0.25, -0.2) is 9.59 Å². The number of nitrogens with zero attached hydrogens (tertiary/aromatic N) is 2. The first kappa shape index (κ1) is 28.1. The molecule has 0 fully saturated rings. The Hall–Kier alpha value is -3.16. The third kappa shape index (κ3) is 19.4. The second kappa shape index (κ2) is 18.2. The SMILES string of the molecule is CCCC(O)O.Cc1ccc(N=C=O)cc1N=C=O.O=C(O)CCCCC(=O)O. The maximum atomic E-state index is 10.00. The molecule has 1 rings (SSSR count). The number of carboxylic acids is 2. The maximum Gasteiger partial charge on any atom is 0.303 e. The number of aryl methyl sites for hydroxylation is 1. The van der Waals surface area contributed by atoms with Gasteiger partial charge in [0.05, 0.1) is 11.4 Å². The van der Waals surface area contributed by atoms with E-state index in [-0.39, 0.29) is 12.8 Å². The number of carboxylic acid groups (broad SMARTS) is 2. The zero-order valence-corrected chi connectivity index (χ0v) is 16.4. The summed E-state index contributed by atoms with van der Waals surface area (Å²) in [6, 6.07) is 4.88. The molecule has 0 bridgehead atoms. The Morgan fingerprint density at radius 1 is 1.00 bits per heavy atom. The number of aliphatic hydroxyl groups is 2. The zero-order valence-electron chi connectivity index (χ0n) is 16.4. The van der Waals surface area contributed by atoms with E-state index in [0.29, 0.717) is 30.6 Å². The number of carbonyl (C=O) groups is 2. The van der Waals surface area contributed by atoms with Gasteiger partial charge in [-0.3, -0.25) is 9.59 Å². The number of rotatable bonds is 9. The topological polar surface area (TPSA) is 174 Å². The number of aliphatic imine (C=N–C) groups is 2. The van der Waals surface area contributed by atoms with Gasteiger partial charge < -0.3 is 20.4 Å². The molecule has 0 aliphatic heterocycles. The molecule has 0 aliphatic carbocycles. The van der Waals surface area contributed by atoms with Crippen molar-refractivity contribution in [1.29, 1.82) is 0 Å². The van der Waals surface area contributed by atoms with Crippen LogP contribution in [0.15, 0.2) is 28.2 Å². The molecule has 10 heteroatoms. The summed E-state index contributed by atoms with van der Waals surface area (Å²) in [6.07, 6.45) is 4.07. The lowest BCUT2D eigenvalue weighted by Crippen LogP contribution is -2.01. The van der Waals surface area contributed by atoms with E-state index < -0.39 is 18.2 Å². The van der Waals surface area contributed by atoms with E-state index in [0.717, 1.165) is 12.0 Å². The molecular formula is C19H26N2O8. The molecule has 10 nitrogen and oxygen atoms in total. The summed E-state index contributed by atoms with van der Waals surface area (Å²) in [5, 5.41) is 32.5. The lowest BCUT2D eigenvalue weighted by atomic mass is 10.2. The Labute approximate surface area is 168 Å². The molecule has 0 aliphatic rings. The molecule has 0 atom stereocenters. The number of aliphatic carboxylic acids is 2. The molecule has 0 spiro atoms. The number of hydrogen-bond acceptors (Lipinski definition) is 8. The monoisotopic (exact) mass is 410 g/mol. The maximum absolute atomic E-state index is 10.00. The number of isocyanates is 2. The highest BCUT2D eigenvalue weighted by Crippen LogP contribution is 2.23. The second-order valence-electron chi connectivity index (χ2n) is 5.64. The Kier molecular flexibility index (Phi) is 17.6. The molecule has 0 aromatic heterocycles. The van der Waals surface area contributed by atoms with E-state index in [2.05, 4.69) is 9.98 Å². The van der Waals surface area contributed by atoms with Gasteiger partial charge >= 0.3 is 11.9 Å². The van der Waals surface area contributed by atoms with Gasteiger partial charge in [0, 0.05) is 12.8 Å². The van der Waals surface area contributed by atoms with Crippen molar-refractivity contribution < 1.29 is 39.6 Å². The second-order valence-corrected chi connectivity index (χ2v) is 5.64. The number of benzene rings is 1. The minimum atomic E-state index is -1.10. The Balaban J connectivity index is 0. The molecule has 160 valence electrons. The van der Waals surface area contributed by atoms with Crippen LogP contribution >= 0.6 is 0 Å². The summed E-state index contributed by atoms with van der Waals surface area (Å²) >= 11 is 0. The predicted molar refractivity (Wildman–Crippen MR) is 104 cm³/mol. The van der Waals surface area contributed by atoms with Gasteiger partial charge in [-0.1, -0.05) is 19.4 Å². The van der Waals surface area contributed by atoms with E-state index in [1.807, 2.05) is 6.92 Å². The number of carbonyl (C=O) groups excluding carboxylic acids is 2. The number of hydrogen-bond donors (Lipinski definition) is 4. The first-order chi connectivity index (χ1) is 13.7. The summed E-state index contributed by atoms with van der Waals surface area (Å²) in [5.41, 5.74) is 1.72. The fourth-order valence-corrected chi connectivity index (χ4v) is 1.70. The molecular weight excluding hydrogens is 384 g/mol. The molecule has 0 saturated heterocycles. The summed E-state index contributed by atoms with van der Waals surface area (Å²) < 4.78 is 0. The van der Waals surface area contributed by atoms with Crippen molar-refractivity contribution in [2.45, 2.75) is 58.7 Å². The molecule has 1 aromatic carbocycles. The van der Waals surface area contributed by atoms with Crippen LogP contribution in [-0.4, -0.2) is 50.8 Å². The van der Waals surface area contributed by atoms with Crippen molar-refractivity contribution in [3.05, 3.63) is 23.8 Å². The van der Waals surface area contributed by atoms with Crippen LogP contribution in [0.3, 0.4) is 0 Å². The minimum Gasteiger partial charge on any atom is -0.481 e. The lowest BCUT2D eigenvalue weighted by molar-refractivity contribution is -0.139. The van der Waals surface area contributed by atoms with Crippen molar-refractivity contribution in [2.24, 2.45) is 9.98 Å². The van der Waals surface area contributed by atoms with Crippen LogP contribution in [-0.2, 0) is 19.2 Å². The molecule has 0 saturated carbocycles.